The monoisotopic (exact) mass is 285 g/mol. The highest BCUT2D eigenvalue weighted by molar-refractivity contribution is 5.21. The van der Waals surface area contributed by atoms with Crippen LogP contribution in [0.4, 0.5) is 0 Å². The fourth-order valence-electron chi connectivity index (χ4n) is 3.11. The third-order valence-corrected chi connectivity index (χ3v) is 4.25. The van der Waals surface area contributed by atoms with E-state index in [0.29, 0.717) is 18.5 Å². The molecule has 2 rings (SSSR count). The quantitative estimate of drug-likeness (QED) is 0.817. The molecule has 0 bridgehead atoms. The summed E-state index contributed by atoms with van der Waals surface area (Å²) in [4.78, 5) is 2.29. The molecular weight excluding hydrogens is 258 g/mol. The molecule has 1 aromatic rings. The van der Waals surface area contributed by atoms with Gasteiger partial charge < -0.3 is 5.32 Å². The molecule has 3 heteroatoms. The van der Waals surface area contributed by atoms with Gasteiger partial charge in [0.15, 0.2) is 0 Å². The largest absolute Gasteiger partial charge is 0.313 e. The van der Waals surface area contributed by atoms with Crippen molar-refractivity contribution in [3.8, 4) is 6.07 Å². The van der Waals surface area contributed by atoms with Crippen LogP contribution < -0.4 is 5.32 Å². The maximum Gasteiger partial charge on any atom is 0.0866 e. The summed E-state index contributed by atoms with van der Waals surface area (Å²) in [7, 11) is 0. The van der Waals surface area contributed by atoms with Gasteiger partial charge in [0.05, 0.1) is 12.6 Å². The van der Waals surface area contributed by atoms with Crippen LogP contribution in [-0.4, -0.2) is 37.1 Å². The fraction of sp³-hybridized carbons (Fsp3) is 0.611. The Kier molecular flexibility index (Phi) is 6.22. The summed E-state index contributed by atoms with van der Waals surface area (Å²) in [6.45, 7) is 8.12. The zero-order valence-corrected chi connectivity index (χ0v) is 13.3. The Labute approximate surface area is 129 Å². The zero-order valence-electron chi connectivity index (χ0n) is 13.3. The molecule has 0 radical (unpaired) electrons. The first-order chi connectivity index (χ1) is 10.2. The second kappa shape index (κ2) is 8.17. The van der Waals surface area contributed by atoms with Gasteiger partial charge in [-0.1, -0.05) is 44.2 Å². The van der Waals surface area contributed by atoms with E-state index in [2.05, 4.69) is 60.5 Å². The SMILES string of the molecule is CC(C)CCNC1CC(c2ccccc2)CN(CC#N)C1. The third kappa shape index (κ3) is 5.15. The number of hydrogen-bond acceptors (Lipinski definition) is 3. The van der Waals surface area contributed by atoms with Crippen LogP contribution in [0.1, 0.15) is 38.2 Å². The van der Waals surface area contributed by atoms with Gasteiger partial charge in [0.25, 0.3) is 0 Å². The van der Waals surface area contributed by atoms with E-state index < -0.39 is 0 Å². The van der Waals surface area contributed by atoms with Gasteiger partial charge in [-0.2, -0.15) is 5.26 Å². The standard InChI is InChI=1S/C18H27N3/c1-15(2)8-10-20-18-12-17(13-21(14-18)11-9-19)16-6-4-3-5-7-16/h3-7,15,17-18,20H,8,10-14H2,1-2H3. The third-order valence-electron chi connectivity index (χ3n) is 4.25. The molecule has 1 aromatic carbocycles. The predicted molar refractivity (Wildman–Crippen MR) is 87.1 cm³/mol. The molecular formula is C18H27N3. The summed E-state index contributed by atoms with van der Waals surface area (Å²) >= 11 is 0. The van der Waals surface area contributed by atoms with Gasteiger partial charge in [-0.25, -0.2) is 0 Å². The lowest BCUT2D eigenvalue weighted by atomic mass is 9.88. The van der Waals surface area contributed by atoms with E-state index in [9.17, 15) is 0 Å². The first-order valence-electron chi connectivity index (χ1n) is 8.06. The molecule has 1 fully saturated rings. The number of likely N-dealkylation sites (tertiary alicyclic amines) is 1. The van der Waals surface area contributed by atoms with E-state index in [1.54, 1.807) is 0 Å². The van der Waals surface area contributed by atoms with Crippen molar-refractivity contribution in [2.24, 2.45) is 5.92 Å². The Morgan fingerprint density at radius 3 is 2.71 bits per heavy atom. The number of nitrogens with zero attached hydrogens (tertiary/aromatic N) is 2. The Hall–Kier alpha value is -1.37. The average molecular weight is 285 g/mol. The van der Waals surface area contributed by atoms with Crippen molar-refractivity contribution in [3.05, 3.63) is 35.9 Å². The number of piperidine rings is 1. The Morgan fingerprint density at radius 2 is 2.05 bits per heavy atom. The molecule has 0 aromatic heterocycles. The summed E-state index contributed by atoms with van der Waals surface area (Å²) < 4.78 is 0. The minimum Gasteiger partial charge on any atom is -0.313 e. The van der Waals surface area contributed by atoms with E-state index in [-0.39, 0.29) is 0 Å². The molecule has 0 aliphatic carbocycles. The van der Waals surface area contributed by atoms with Crippen molar-refractivity contribution < 1.29 is 0 Å². The smallest absolute Gasteiger partial charge is 0.0866 e. The van der Waals surface area contributed by atoms with Crippen LogP contribution in [-0.2, 0) is 0 Å². The minimum absolute atomic E-state index is 0.496. The van der Waals surface area contributed by atoms with Crippen molar-refractivity contribution >= 4 is 0 Å². The molecule has 1 aliphatic heterocycles. The topological polar surface area (TPSA) is 39.1 Å². The Bertz CT molecular complexity index is 449. The van der Waals surface area contributed by atoms with E-state index in [1.165, 1.54) is 18.4 Å². The molecule has 0 amide bonds. The van der Waals surface area contributed by atoms with Gasteiger partial charge in [0, 0.05) is 19.1 Å². The Balaban J connectivity index is 1.97. The lowest BCUT2D eigenvalue weighted by Gasteiger charge is -2.37. The second-order valence-corrected chi connectivity index (χ2v) is 6.53. The number of nitriles is 1. The number of nitrogens with one attached hydrogen (secondary N) is 1. The van der Waals surface area contributed by atoms with Gasteiger partial charge in [0.2, 0.25) is 0 Å². The van der Waals surface area contributed by atoms with E-state index in [4.69, 9.17) is 5.26 Å². The van der Waals surface area contributed by atoms with Crippen LogP contribution in [0.15, 0.2) is 30.3 Å². The molecule has 1 N–H and O–H groups in total. The lowest BCUT2D eigenvalue weighted by Crippen LogP contribution is -2.48. The highest BCUT2D eigenvalue weighted by Crippen LogP contribution is 2.26. The summed E-state index contributed by atoms with van der Waals surface area (Å²) in [6.07, 6.45) is 2.38. The van der Waals surface area contributed by atoms with Gasteiger partial charge in [-0.3, -0.25) is 4.90 Å². The zero-order chi connectivity index (χ0) is 15.1. The summed E-state index contributed by atoms with van der Waals surface area (Å²) in [6, 6.07) is 13.5. The van der Waals surface area contributed by atoms with Gasteiger partial charge in [0.1, 0.15) is 0 Å². The normalized spacial score (nSPS) is 23.1. The molecule has 1 aliphatic rings. The first kappa shape index (κ1) is 16.0. The number of hydrogen-bond donors (Lipinski definition) is 1. The number of benzene rings is 1. The molecule has 0 saturated carbocycles. The van der Waals surface area contributed by atoms with Crippen molar-refractivity contribution in [1.82, 2.24) is 10.2 Å². The molecule has 3 nitrogen and oxygen atoms in total. The maximum absolute atomic E-state index is 9.00. The molecule has 2 atom stereocenters. The van der Waals surface area contributed by atoms with E-state index in [0.717, 1.165) is 25.6 Å². The van der Waals surface area contributed by atoms with Gasteiger partial charge in [-0.05, 0) is 36.8 Å². The average Bonchev–Trinajstić information content (AvgIpc) is 2.48. The first-order valence-corrected chi connectivity index (χ1v) is 8.06. The van der Waals surface area contributed by atoms with Crippen LogP contribution in [0.2, 0.25) is 0 Å². The molecule has 2 unspecified atom stereocenters. The lowest BCUT2D eigenvalue weighted by molar-refractivity contribution is 0.187. The van der Waals surface area contributed by atoms with Crippen molar-refractivity contribution in [2.75, 3.05) is 26.2 Å². The summed E-state index contributed by atoms with van der Waals surface area (Å²) in [5.74, 6) is 1.27. The van der Waals surface area contributed by atoms with Gasteiger partial charge >= 0.3 is 0 Å². The van der Waals surface area contributed by atoms with Crippen LogP contribution >= 0.6 is 0 Å². The fourth-order valence-corrected chi connectivity index (χ4v) is 3.11. The molecule has 114 valence electrons. The number of rotatable bonds is 6. The van der Waals surface area contributed by atoms with Crippen molar-refractivity contribution in [2.45, 2.75) is 38.6 Å². The maximum atomic E-state index is 9.00. The molecule has 1 saturated heterocycles. The molecule has 0 spiro atoms. The second-order valence-electron chi connectivity index (χ2n) is 6.53. The minimum atomic E-state index is 0.496. The highest BCUT2D eigenvalue weighted by Gasteiger charge is 2.27. The summed E-state index contributed by atoms with van der Waals surface area (Å²) in [5.41, 5.74) is 1.40. The van der Waals surface area contributed by atoms with Crippen molar-refractivity contribution in [3.63, 3.8) is 0 Å². The van der Waals surface area contributed by atoms with E-state index >= 15 is 0 Å². The van der Waals surface area contributed by atoms with Crippen LogP contribution in [0.3, 0.4) is 0 Å². The predicted octanol–water partition coefficient (Wildman–Crippen LogP) is 3.00. The van der Waals surface area contributed by atoms with Crippen LogP contribution in [0.5, 0.6) is 0 Å². The van der Waals surface area contributed by atoms with Crippen LogP contribution in [0, 0.1) is 17.2 Å². The summed E-state index contributed by atoms with van der Waals surface area (Å²) in [5, 5.41) is 12.7. The highest BCUT2D eigenvalue weighted by atomic mass is 15.2. The Morgan fingerprint density at radius 1 is 1.29 bits per heavy atom. The molecule has 21 heavy (non-hydrogen) atoms. The van der Waals surface area contributed by atoms with E-state index in [1.807, 2.05) is 0 Å². The van der Waals surface area contributed by atoms with Crippen molar-refractivity contribution in [1.29, 1.82) is 5.26 Å². The molecule has 1 heterocycles. The van der Waals surface area contributed by atoms with Gasteiger partial charge in [-0.15, -0.1) is 0 Å². The van der Waals surface area contributed by atoms with Crippen LogP contribution in [0.25, 0.3) is 0 Å².